The van der Waals surface area contributed by atoms with Crippen molar-refractivity contribution in [2.75, 3.05) is 25.1 Å². The summed E-state index contributed by atoms with van der Waals surface area (Å²) in [6.07, 6.45) is 2.78. The molecule has 1 aromatic heterocycles. The van der Waals surface area contributed by atoms with Gasteiger partial charge in [0, 0.05) is 11.9 Å². The van der Waals surface area contributed by atoms with Crippen LogP contribution in [-0.2, 0) is 19.0 Å². The third kappa shape index (κ3) is 2.93. The maximum absolute atomic E-state index is 12.0. The second kappa shape index (κ2) is 6.14. The van der Waals surface area contributed by atoms with Gasteiger partial charge in [0.25, 0.3) is 5.91 Å². The summed E-state index contributed by atoms with van der Waals surface area (Å²) in [4.78, 5) is 26.7. The molecule has 2 heterocycles. The Bertz CT molecular complexity index is 547. The minimum atomic E-state index is -0.489. The first-order valence-corrected chi connectivity index (χ1v) is 6.24. The number of nitrogens with one attached hydrogen (secondary N) is 2. The molecule has 20 heavy (non-hydrogen) atoms. The fraction of sp³-hybridized carbons (Fsp3) is 0.385. The Morgan fingerprint density at radius 1 is 1.45 bits per heavy atom. The Balaban J connectivity index is 2.15. The van der Waals surface area contributed by atoms with Crippen molar-refractivity contribution in [2.24, 2.45) is 0 Å². The molecule has 1 aliphatic rings. The lowest BCUT2D eigenvalue weighted by Crippen LogP contribution is -2.22. The van der Waals surface area contributed by atoms with Crippen molar-refractivity contribution in [2.45, 2.75) is 13.8 Å². The molecule has 0 fully saturated rings. The van der Waals surface area contributed by atoms with Gasteiger partial charge in [-0.1, -0.05) is 0 Å². The van der Waals surface area contributed by atoms with Gasteiger partial charge in [-0.05, 0) is 13.8 Å². The summed E-state index contributed by atoms with van der Waals surface area (Å²) in [6, 6.07) is 0. The molecule has 108 valence electrons. The molecule has 0 radical (unpaired) electrons. The SMILES string of the molecule is CCOC(=O)c1c(NC(=O)C2=COCCO2)c[nH]c1C. The minimum Gasteiger partial charge on any atom is -0.494 e. The topological polar surface area (TPSA) is 89.7 Å². The van der Waals surface area contributed by atoms with Gasteiger partial charge in [-0.3, -0.25) is 4.79 Å². The van der Waals surface area contributed by atoms with E-state index in [9.17, 15) is 9.59 Å². The standard InChI is InChI=1S/C13H16N2O5/c1-3-19-13(17)11-8(2)14-6-9(11)15-12(16)10-7-18-4-5-20-10/h6-7,14H,3-5H2,1-2H3,(H,15,16). The molecule has 1 amide bonds. The number of aryl methyl sites for hydroxylation is 1. The lowest BCUT2D eigenvalue weighted by atomic mass is 10.2. The van der Waals surface area contributed by atoms with Crippen LogP contribution in [0.15, 0.2) is 18.2 Å². The number of aromatic nitrogens is 1. The number of rotatable bonds is 4. The Hall–Kier alpha value is -2.44. The summed E-state index contributed by atoms with van der Waals surface area (Å²) in [7, 11) is 0. The second-order valence-corrected chi connectivity index (χ2v) is 4.08. The first-order valence-electron chi connectivity index (χ1n) is 6.24. The van der Waals surface area contributed by atoms with Crippen molar-refractivity contribution in [3.8, 4) is 0 Å². The second-order valence-electron chi connectivity index (χ2n) is 4.08. The van der Waals surface area contributed by atoms with Gasteiger partial charge in [0.15, 0.2) is 0 Å². The molecule has 7 nitrogen and oxygen atoms in total. The van der Waals surface area contributed by atoms with Gasteiger partial charge < -0.3 is 24.5 Å². The van der Waals surface area contributed by atoms with Crippen molar-refractivity contribution in [3.05, 3.63) is 29.5 Å². The number of ether oxygens (including phenoxy) is 3. The van der Waals surface area contributed by atoms with E-state index in [1.54, 1.807) is 13.8 Å². The normalized spacial score (nSPS) is 13.8. The van der Waals surface area contributed by atoms with Crippen LogP contribution in [0.4, 0.5) is 5.69 Å². The zero-order chi connectivity index (χ0) is 14.5. The van der Waals surface area contributed by atoms with E-state index in [-0.39, 0.29) is 12.4 Å². The maximum atomic E-state index is 12.0. The molecule has 2 N–H and O–H groups in total. The minimum absolute atomic E-state index is 0.0740. The molecule has 1 aromatic rings. The van der Waals surface area contributed by atoms with Crippen molar-refractivity contribution in [1.29, 1.82) is 0 Å². The molecule has 0 aliphatic carbocycles. The van der Waals surface area contributed by atoms with E-state index in [1.807, 2.05) is 0 Å². The van der Waals surface area contributed by atoms with E-state index in [1.165, 1.54) is 12.5 Å². The number of amides is 1. The Labute approximate surface area is 115 Å². The maximum Gasteiger partial charge on any atom is 0.342 e. The van der Waals surface area contributed by atoms with Crippen LogP contribution in [0.2, 0.25) is 0 Å². The van der Waals surface area contributed by atoms with Crippen LogP contribution in [0, 0.1) is 6.92 Å². The van der Waals surface area contributed by atoms with Crippen molar-refractivity contribution in [1.82, 2.24) is 4.98 Å². The molecule has 0 bridgehead atoms. The molecule has 0 spiro atoms. The zero-order valence-electron chi connectivity index (χ0n) is 11.3. The van der Waals surface area contributed by atoms with E-state index in [0.717, 1.165) is 0 Å². The Kier molecular flexibility index (Phi) is 4.29. The average Bonchev–Trinajstić information content (AvgIpc) is 2.81. The number of H-pyrrole nitrogens is 1. The van der Waals surface area contributed by atoms with Crippen LogP contribution in [0.5, 0.6) is 0 Å². The fourth-order valence-electron chi connectivity index (χ4n) is 1.76. The molecular formula is C13H16N2O5. The zero-order valence-corrected chi connectivity index (χ0v) is 11.3. The smallest absolute Gasteiger partial charge is 0.342 e. The average molecular weight is 280 g/mol. The number of esters is 1. The highest BCUT2D eigenvalue weighted by molar-refractivity contribution is 6.07. The van der Waals surface area contributed by atoms with Crippen molar-refractivity contribution >= 4 is 17.6 Å². The number of carbonyl (C=O) groups is 2. The molecule has 0 atom stereocenters. The van der Waals surface area contributed by atoms with Crippen LogP contribution in [0.25, 0.3) is 0 Å². The highest BCUT2D eigenvalue weighted by atomic mass is 16.6. The van der Waals surface area contributed by atoms with Crippen LogP contribution in [0.3, 0.4) is 0 Å². The lowest BCUT2D eigenvalue weighted by molar-refractivity contribution is -0.117. The summed E-state index contributed by atoms with van der Waals surface area (Å²) in [5.41, 5.74) is 1.27. The van der Waals surface area contributed by atoms with Crippen LogP contribution in [-0.4, -0.2) is 36.7 Å². The molecule has 7 heteroatoms. The quantitative estimate of drug-likeness (QED) is 0.812. The predicted molar refractivity (Wildman–Crippen MR) is 70.1 cm³/mol. The number of anilines is 1. The van der Waals surface area contributed by atoms with E-state index in [0.29, 0.717) is 30.2 Å². The monoisotopic (exact) mass is 280 g/mol. The molecule has 0 aromatic carbocycles. The Morgan fingerprint density at radius 3 is 2.90 bits per heavy atom. The fourth-order valence-corrected chi connectivity index (χ4v) is 1.76. The van der Waals surface area contributed by atoms with Gasteiger partial charge in [-0.2, -0.15) is 0 Å². The van der Waals surface area contributed by atoms with Crippen molar-refractivity contribution < 1.29 is 23.8 Å². The molecule has 1 aliphatic heterocycles. The van der Waals surface area contributed by atoms with Crippen LogP contribution < -0.4 is 5.32 Å². The number of carbonyl (C=O) groups excluding carboxylic acids is 2. The Morgan fingerprint density at radius 2 is 2.25 bits per heavy atom. The van der Waals surface area contributed by atoms with E-state index in [4.69, 9.17) is 14.2 Å². The van der Waals surface area contributed by atoms with Crippen LogP contribution >= 0.6 is 0 Å². The van der Waals surface area contributed by atoms with Gasteiger partial charge in [0.2, 0.25) is 5.76 Å². The number of aromatic amines is 1. The van der Waals surface area contributed by atoms with E-state index >= 15 is 0 Å². The van der Waals surface area contributed by atoms with Gasteiger partial charge in [0.05, 0.1) is 12.3 Å². The summed E-state index contributed by atoms with van der Waals surface area (Å²) in [5, 5.41) is 2.60. The highest BCUT2D eigenvalue weighted by Crippen LogP contribution is 2.21. The molecular weight excluding hydrogens is 264 g/mol. The van der Waals surface area contributed by atoms with E-state index < -0.39 is 11.9 Å². The molecule has 0 saturated heterocycles. The number of hydrogen-bond acceptors (Lipinski definition) is 5. The molecule has 0 unspecified atom stereocenters. The summed E-state index contributed by atoms with van der Waals surface area (Å²) in [6.45, 7) is 4.43. The molecule has 2 rings (SSSR count). The van der Waals surface area contributed by atoms with Gasteiger partial charge in [0.1, 0.15) is 25.0 Å². The number of hydrogen-bond donors (Lipinski definition) is 2. The summed E-state index contributed by atoms with van der Waals surface area (Å²) >= 11 is 0. The third-order valence-electron chi connectivity index (χ3n) is 2.68. The van der Waals surface area contributed by atoms with Crippen LogP contribution in [0.1, 0.15) is 23.0 Å². The lowest BCUT2D eigenvalue weighted by Gasteiger charge is -2.15. The predicted octanol–water partition coefficient (Wildman–Crippen LogP) is 1.33. The van der Waals surface area contributed by atoms with Gasteiger partial charge >= 0.3 is 5.97 Å². The third-order valence-corrected chi connectivity index (χ3v) is 2.68. The van der Waals surface area contributed by atoms with E-state index in [2.05, 4.69) is 10.3 Å². The van der Waals surface area contributed by atoms with Gasteiger partial charge in [-0.25, -0.2) is 4.79 Å². The van der Waals surface area contributed by atoms with Gasteiger partial charge in [-0.15, -0.1) is 0 Å². The van der Waals surface area contributed by atoms with Crippen molar-refractivity contribution in [3.63, 3.8) is 0 Å². The largest absolute Gasteiger partial charge is 0.494 e. The first kappa shape index (κ1) is 14.0. The summed E-state index contributed by atoms with van der Waals surface area (Å²) < 4.78 is 15.1. The molecule has 0 saturated carbocycles. The summed E-state index contributed by atoms with van der Waals surface area (Å²) in [5.74, 6) is -0.893. The highest BCUT2D eigenvalue weighted by Gasteiger charge is 2.22. The first-order chi connectivity index (χ1) is 9.63.